The summed E-state index contributed by atoms with van der Waals surface area (Å²) < 4.78 is 9.88. The standard InChI is InChI=1S/C23H21NO5/c1-4-29-23(27)20-15(2)24(18-8-6-5-7-9-18)21(25)19(20)14-16-10-12-17(13-11-16)22(26)28-3/h5-14H,4H2,1-3H3/b19-14-. The van der Waals surface area contributed by atoms with Crippen LogP contribution < -0.4 is 4.90 Å². The zero-order chi connectivity index (χ0) is 21.0. The molecule has 0 radical (unpaired) electrons. The van der Waals surface area contributed by atoms with Crippen LogP contribution in [0.4, 0.5) is 5.69 Å². The zero-order valence-electron chi connectivity index (χ0n) is 16.5. The molecule has 0 saturated carbocycles. The van der Waals surface area contributed by atoms with Gasteiger partial charge in [0.2, 0.25) is 0 Å². The van der Waals surface area contributed by atoms with Crippen LogP contribution >= 0.6 is 0 Å². The van der Waals surface area contributed by atoms with E-state index in [9.17, 15) is 14.4 Å². The fraction of sp³-hybridized carbons (Fsp3) is 0.174. The minimum Gasteiger partial charge on any atom is -0.465 e. The second kappa shape index (κ2) is 8.56. The fourth-order valence-corrected chi connectivity index (χ4v) is 3.17. The van der Waals surface area contributed by atoms with Crippen LogP contribution in [0.15, 0.2) is 71.4 Å². The van der Waals surface area contributed by atoms with Crippen molar-refractivity contribution in [3.05, 3.63) is 82.6 Å². The van der Waals surface area contributed by atoms with E-state index in [2.05, 4.69) is 0 Å². The van der Waals surface area contributed by atoms with Crippen molar-refractivity contribution in [3.63, 3.8) is 0 Å². The van der Waals surface area contributed by atoms with Crippen LogP contribution in [0.2, 0.25) is 0 Å². The van der Waals surface area contributed by atoms with E-state index in [4.69, 9.17) is 9.47 Å². The lowest BCUT2D eigenvalue weighted by Crippen LogP contribution is -2.24. The van der Waals surface area contributed by atoms with Crippen LogP contribution in [0.25, 0.3) is 6.08 Å². The van der Waals surface area contributed by atoms with Crippen molar-refractivity contribution in [2.24, 2.45) is 0 Å². The highest BCUT2D eigenvalue weighted by atomic mass is 16.5. The third-order valence-electron chi connectivity index (χ3n) is 4.54. The van der Waals surface area contributed by atoms with Gasteiger partial charge in [0.1, 0.15) is 0 Å². The van der Waals surface area contributed by atoms with Gasteiger partial charge in [0.25, 0.3) is 5.91 Å². The molecule has 0 atom stereocenters. The summed E-state index contributed by atoms with van der Waals surface area (Å²) in [6.45, 7) is 3.64. The molecule has 1 aliphatic rings. The van der Waals surface area contributed by atoms with E-state index in [0.29, 0.717) is 22.5 Å². The Hall–Kier alpha value is -3.67. The predicted molar refractivity (Wildman–Crippen MR) is 109 cm³/mol. The number of hydrogen-bond donors (Lipinski definition) is 0. The molecule has 1 amide bonds. The first kappa shape index (κ1) is 20.1. The van der Waals surface area contributed by atoms with E-state index < -0.39 is 11.9 Å². The lowest BCUT2D eigenvalue weighted by molar-refractivity contribution is -0.138. The van der Waals surface area contributed by atoms with Crippen LogP contribution in [0.3, 0.4) is 0 Å². The number of allylic oxidation sites excluding steroid dienone is 1. The smallest absolute Gasteiger partial charge is 0.340 e. The van der Waals surface area contributed by atoms with Gasteiger partial charge in [-0.2, -0.15) is 0 Å². The number of amides is 1. The van der Waals surface area contributed by atoms with Gasteiger partial charge in [-0.25, -0.2) is 9.59 Å². The van der Waals surface area contributed by atoms with Gasteiger partial charge in [-0.3, -0.25) is 9.69 Å². The van der Waals surface area contributed by atoms with Crippen molar-refractivity contribution in [2.45, 2.75) is 13.8 Å². The van der Waals surface area contributed by atoms with Crippen molar-refractivity contribution < 1.29 is 23.9 Å². The Morgan fingerprint density at radius 3 is 2.24 bits per heavy atom. The summed E-state index contributed by atoms with van der Waals surface area (Å²) in [5.41, 5.74) is 2.73. The molecule has 2 aromatic carbocycles. The van der Waals surface area contributed by atoms with Crippen molar-refractivity contribution in [3.8, 4) is 0 Å². The quantitative estimate of drug-likeness (QED) is 0.573. The first-order valence-corrected chi connectivity index (χ1v) is 9.15. The van der Waals surface area contributed by atoms with Gasteiger partial charge in [-0.1, -0.05) is 30.3 Å². The van der Waals surface area contributed by atoms with Crippen molar-refractivity contribution in [2.75, 3.05) is 18.6 Å². The summed E-state index contributed by atoms with van der Waals surface area (Å²) in [6.07, 6.45) is 1.63. The maximum Gasteiger partial charge on any atom is 0.340 e. The average molecular weight is 391 g/mol. The van der Waals surface area contributed by atoms with Crippen molar-refractivity contribution in [1.82, 2.24) is 0 Å². The summed E-state index contributed by atoms with van der Waals surface area (Å²) in [4.78, 5) is 38.9. The lowest BCUT2D eigenvalue weighted by Gasteiger charge is -2.17. The highest BCUT2D eigenvalue weighted by Gasteiger charge is 2.37. The number of ether oxygens (including phenoxy) is 2. The van der Waals surface area contributed by atoms with E-state index in [1.54, 1.807) is 56.3 Å². The minimum absolute atomic E-state index is 0.205. The molecule has 1 heterocycles. The molecule has 0 saturated heterocycles. The Labute approximate surface area is 169 Å². The van der Waals surface area contributed by atoms with Gasteiger partial charge >= 0.3 is 11.9 Å². The zero-order valence-corrected chi connectivity index (χ0v) is 16.5. The van der Waals surface area contributed by atoms with Crippen molar-refractivity contribution >= 4 is 29.6 Å². The van der Waals surface area contributed by atoms with E-state index in [1.165, 1.54) is 12.0 Å². The van der Waals surface area contributed by atoms with Gasteiger partial charge in [-0.15, -0.1) is 0 Å². The van der Waals surface area contributed by atoms with Gasteiger partial charge < -0.3 is 9.47 Å². The number of anilines is 1. The van der Waals surface area contributed by atoms with E-state index in [-0.39, 0.29) is 23.7 Å². The fourth-order valence-electron chi connectivity index (χ4n) is 3.17. The largest absolute Gasteiger partial charge is 0.465 e. The van der Waals surface area contributed by atoms with Crippen molar-refractivity contribution in [1.29, 1.82) is 0 Å². The van der Waals surface area contributed by atoms with Crippen LogP contribution in [-0.2, 0) is 19.1 Å². The topological polar surface area (TPSA) is 72.9 Å². The summed E-state index contributed by atoms with van der Waals surface area (Å²) in [6, 6.07) is 15.7. The number of hydrogen-bond acceptors (Lipinski definition) is 5. The number of carbonyl (C=O) groups is 3. The maximum atomic E-state index is 13.2. The maximum absolute atomic E-state index is 13.2. The SMILES string of the molecule is CCOC(=O)C1=C(C)N(c2ccccc2)C(=O)/C1=C\c1ccc(C(=O)OC)cc1. The van der Waals surface area contributed by atoms with E-state index >= 15 is 0 Å². The molecule has 0 unspecified atom stereocenters. The number of carbonyl (C=O) groups excluding carboxylic acids is 3. The Bertz CT molecular complexity index is 1000. The van der Waals surface area contributed by atoms with Gasteiger partial charge in [-0.05, 0) is 49.8 Å². The Morgan fingerprint density at radius 2 is 1.66 bits per heavy atom. The monoisotopic (exact) mass is 391 g/mol. The molecule has 0 N–H and O–H groups in total. The van der Waals surface area contributed by atoms with Gasteiger partial charge in [0, 0.05) is 11.4 Å². The van der Waals surface area contributed by atoms with Crippen LogP contribution in [0, 0.1) is 0 Å². The number of benzene rings is 2. The Kier molecular flexibility index (Phi) is 5.93. The molecule has 148 valence electrons. The number of esters is 2. The summed E-state index contributed by atoms with van der Waals surface area (Å²) >= 11 is 0. The number of para-hydroxylation sites is 1. The first-order valence-electron chi connectivity index (χ1n) is 9.15. The molecule has 3 rings (SSSR count). The third-order valence-corrected chi connectivity index (χ3v) is 4.54. The molecule has 0 aliphatic carbocycles. The molecule has 0 fully saturated rings. The number of rotatable bonds is 5. The van der Waals surface area contributed by atoms with Gasteiger partial charge in [0.05, 0.1) is 30.4 Å². The van der Waals surface area contributed by atoms with Crippen LogP contribution in [-0.4, -0.2) is 31.6 Å². The van der Waals surface area contributed by atoms with Crippen LogP contribution in [0.5, 0.6) is 0 Å². The predicted octanol–water partition coefficient (Wildman–Crippen LogP) is 3.74. The van der Waals surface area contributed by atoms with Gasteiger partial charge in [0.15, 0.2) is 0 Å². The molecular formula is C23H21NO5. The normalized spacial score (nSPS) is 15.1. The third kappa shape index (κ3) is 3.96. The molecular weight excluding hydrogens is 370 g/mol. The average Bonchev–Trinajstić information content (AvgIpc) is 2.98. The summed E-state index contributed by atoms with van der Waals surface area (Å²) in [5.74, 6) is -1.30. The molecule has 0 spiro atoms. The molecule has 0 bridgehead atoms. The molecule has 2 aromatic rings. The number of methoxy groups -OCH3 is 1. The highest BCUT2D eigenvalue weighted by Crippen LogP contribution is 2.35. The minimum atomic E-state index is -0.547. The molecule has 0 aromatic heterocycles. The Balaban J connectivity index is 2.06. The molecule has 6 heteroatoms. The molecule has 1 aliphatic heterocycles. The van der Waals surface area contributed by atoms with E-state index in [0.717, 1.165) is 0 Å². The molecule has 6 nitrogen and oxygen atoms in total. The molecule has 29 heavy (non-hydrogen) atoms. The second-order valence-corrected chi connectivity index (χ2v) is 6.33. The highest BCUT2D eigenvalue weighted by molar-refractivity contribution is 6.23. The first-order chi connectivity index (χ1) is 14.0. The summed E-state index contributed by atoms with van der Waals surface area (Å²) in [5, 5.41) is 0. The number of nitrogens with zero attached hydrogens (tertiary/aromatic N) is 1. The van der Waals surface area contributed by atoms with Crippen LogP contribution in [0.1, 0.15) is 29.8 Å². The Morgan fingerprint density at radius 1 is 1.00 bits per heavy atom. The lowest BCUT2D eigenvalue weighted by atomic mass is 10.0. The summed E-state index contributed by atoms with van der Waals surface area (Å²) in [7, 11) is 1.31. The van der Waals surface area contributed by atoms with E-state index in [1.807, 2.05) is 18.2 Å². The second-order valence-electron chi connectivity index (χ2n) is 6.33.